The number of aromatic nitrogens is 1. The molecule has 0 spiro atoms. The minimum Gasteiger partial charge on any atom is -0.497 e. The highest BCUT2D eigenvalue weighted by Crippen LogP contribution is 2.24. The van der Waals surface area contributed by atoms with Crippen molar-refractivity contribution in [1.82, 2.24) is 10.3 Å². The van der Waals surface area contributed by atoms with Crippen LogP contribution in [0.4, 0.5) is 0 Å². The van der Waals surface area contributed by atoms with Crippen LogP contribution in [0, 0.1) is 11.3 Å². The molecule has 2 heterocycles. The maximum atomic E-state index is 12.0. The minimum atomic E-state index is -0.494. The normalized spacial score (nSPS) is 20.2. The van der Waals surface area contributed by atoms with Crippen LogP contribution >= 0.6 is 0 Å². The van der Waals surface area contributed by atoms with E-state index in [4.69, 9.17) is 14.2 Å². The van der Waals surface area contributed by atoms with E-state index >= 15 is 0 Å². The van der Waals surface area contributed by atoms with Crippen molar-refractivity contribution < 1.29 is 19.0 Å². The van der Waals surface area contributed by atoms with Crippen LogP contribution in [-0.2, 0) is 9.53 Å². The molecule has 1 aliphatic rings. The summed E-state index contributed by atoms with van der Waals surface area (Å²) in [7, 11) is 1.64. The van der Waals surface area contributed by atoms with Gasteiger partial charge in [0.1, 0.15) is 5.75 Å². The Balaban J connectivity index is 1.55. The quantitative estimate of drug-likeness (QED) is 0.828. The molecule has 0 aliphatic carbocycles. The fourth-order valence-corrected chi connectivity index (χ4v) is 2.78. The SMILES string of the molecule is COc1ccc2ccc(OC[C@H]3CNC(OC(=O)C(C)(C)C)C3)nc2c1. The van der Waals surface area contributed by atoms with Crippen LogP contribution in [0.1, 0.15) is 27.2 Å². The summed E-state index contributed by atoms with van der Waals surface area (Å²) in [6.45, 7) is 6.84. The van der Waals surface area contributed by atoms with Crippen LogP contribution in [0.25, 0.3) is 10.9 Å². The minimum absolute atomic E-state index is 0.193. The molecule has 0 bridgehead atoms. The fourth-order valence-electron chi connectivity index (χ4n) is 2.78. The second-order valence-corrected chi connectivity index (χ2v) is 7.67. The number of benzene rings is 1. The number of carbonyl (C=O) groups excluding carboxylic acids is 1. The zero-order valence-electron chi connectivity index (χ0n) is 15.7. The first-order valence-corrected chi connectivity index (χ1v) is 8.87. The van der Waals surface area contributed by atoms with Gasteiger partial charge in [-0.2, -0.15) is 0 Å². The maximum absolute atomic E-state index is 12.0. The standard InChI is InChI=1S/C20H26N2O4/c1-20(2,3)19(23)26-18-9-13(11-21-18)12-25-17-8-6-14-5-7-15(24-4)10-16(14)22-17/h5-8,10,13,18,21H,9,11-12H2,1-4H3/t13-,18?/m1/s1. The molecule has 2 atom stereocenters. The van der Waals surface area contributed by atoms with Gasteiger partial charge in [-0.25, -0.2) is 4.98 Å². The van der Waals surface area contributed by atoms with Crippen molar-refractivity contribution in [3.63, 3.8) is 0 Å². The first-order chi connectivity index (χ1) is 12.3. The van der Waals surface area contributed by atoms with Crippen molar-refractivity contribution in [3.8, 4) is 11.6 Å². The van der Waals surface area contributed by atoms with Crippen molar-refractivity contribution in [3.05, 3.63) is 30.3 Å². The molecule has 3 rings (SSSR count). The molecule has 1 saturated heterocycles. The Hall–Kier alpha value is -2.34. The van der Waals surface area contributed by atoms with Gasteiger partial charge in [-0.15, -0.1) is 0 Å². The van der Waals surface area contributed by atoms with Crippen molar-refractivity contribution >= 4 is 16.9 Å². The lowest BCUT2D eigenvalue weighted by atomic mass is 9.97. The summed E-state index contributed by atoms with van der Waals surface area (Å²) in [4.78, 5) is 16.5. The number of pyridine rings is 1. The average Bonchev–Trinajstić information content (AvgIpc) is 3.05. The largest absolute Gasteiger partial charge is 0.497 e. The van der Waals surface area contributed by atoms with E-state index in [-0.39, 0.29) is 18.1 Å². The number of methoxy groups -OCH3 is 1. The third-order valence-electron chi connectivity index (χ3n) is 4.38. The zero-order valence-corrected chi connectivity index (χ0v) is 15.7. The van der Waals surface area contributed by atoms with E-state index in [0.29, 0.717) is 12.5 Å². The summed E-state index contributed by atoms with van der Waals surface area (Å²) >= 11 is 0. The number of rotatable bonds is 5. The third-order valence-corrected chi connectivity index (χ3v) is 4.38. The molecule has 1 aromatic heterocycles. The van der Waals surface area contributed by atoms with Gasteiger partial charge < -0.3 is 14.2 Å². The number of carbonyl (C=O) groups is 1. The molecule has 26 heavy (non-hydrogen) atoms. The van der Waals surface area contributed by atoms with Crippen molar-refractivity contribution in [2.24, 2.45) is 11.3 Å². The molecule has 0 radical (unpaired) electrons. The predicted molar refractivity (Wildman–Crippen MR) is 99.2 cm³/mol. The lowest BCUT2D eigenvalue weighted by molar-refractivity contribution is -0.159. The van der Waals surface area contributed by atoms with Crippen LogP contribution in [-0.4, -0.2) is 37.4 Å². The zero-order chi connectivity index (χ0) is 18.7. The Morgan fingerprint density at radius 1 is 1.27 bits per heavy atom. The molecule has 0 saturated carbocycles. The summed E-state index contributed by atoms with van der Waals surface area (Å²) in [5.74, 6) is 1.43. The molecule has 1 fully saturated rings. The summed E-state index contributed by atoms with van der Waals surface area (Å²) < 4.78 is 16.6. The van der Waals surface area contributed by atoms with Gasteiger partial charge in [0.25, 0.3) is 0 Å². The van der Waals surface area contributed by atoms with E-state index in [2.05, 4.69) is 10.3 Å². The third kappa shape index (κ3) is 4.43. The average molecular weight is 358 g/mol. The molecule has 2 aromatic rings. The Labute approximate surface area is 153 Å². The van der Waals surface area contributed by atoms with Crippen LogP contribution in [0.15, 0.2) is 30.3 Å². The molecule has 1 aromatic carbocycles. The molecule has 1 aliphatic heterocycles. The summed E-state index contributed by atoms with van der Waals surface area (Å²) in [6.07, 6.45) is 0.493. The van der Waals surface area contributed by atoms with Crippen molar-refractivity contribution in [1.29, 1.82) is 0 Å². The summed E-state index contributed by atoms with van der Waals surface area (Å²) in [5, 5.41) is 4.27. The van der Waals surface area contributed by atoms with E-state index in [1.165, 1.54) is 0 Å². The van der Waals surface area contributed by atoms with Gasteiger partial charge >= 0.3 is 5.97 Å². The van der Waals surface area contributed by atoms with Crippen LogP contribution < -0.4 is 14.8 Å². The molecular formula is C20H26N2O4. The number of ether oxygens (including phenoxy) is 3. The number of hydrogen-bond acceptors (Lipinski definition) is 6. The van der Waals surface area contributed by atoms with E-state index in [0.717, 1.165) is 29.6 Å². The van der Waals surface area contributed by atoms with Crippen molar-refractivity contribution in [2.75, 3.05) is 20.3 Å². The summed E-state index contributed by atoms with van der Waals surface area (Å²) in [6, 6.07) is 9.63. The lowest BCUT2D eigenvalue weighted by Gasteiger charge is -2.20. The van der Waals surface area contributed by atoms with Gasteiger partial charge in [0.15, 0.2) is 6.23 Å². The first-order valence-electron chi connectivity index (χ1n) is 8.87. The smallest absolute Gasteiger partial charge is 0.312 e. The molecule has 0 amide bonds. The number of fused-ring (bicyclic) bond motifs is 1. The van der Waals surface area contributed by atoms with Gasteiger partial charge in [0.2, 0.25) is 5.88 Å². The Kier molecular flexibility index (Phi) is 5.32. The molecule has 6 nitrogen and oxygen atoms in total. The Morgan fingerprint density at radius 2 is 2.04 bits per heavy atom. The first kappa shape index (κ1) is 18.5. The van der Waals surface area contributed by atoms with Crippen LogP contribution in [0.5, 0.6) is 11.6 Å². The topological polar surface area (TPSA) is 69.7 Å². The molecule has 1 unspecified atom stereocenters. The second kappa shape index (κ2) is 7.50. The van der Waals surface area contributed by atoms with Gasteiger partial charge in [-0.3, -0.25) is 10.1 Å². The molecular weight excluding hydrogens is 332 g/mol. The monoisotopic (exact) mass is 358 g/mol. The van der Waals surface area contributed by atoms with E-state index < -0.39 is 5.41 Å². The van der Waals surface area contributed by atoms with Crippen molar-refractivity contribution in [2.45, 2.75) is 33.4 Å². The second-order valence-electron chi connectivity index (χ2n) is 7.67. The molecule has 140 valence electrons. The van der Waals surface area contributed by atoms with E-state index in [1.807, 2.05) is 51.1 Å². The number of nitrogens with one attached hydrogen (secondary N) is 1. The Bertz CT molecular complexity index is 785. The van der Waals surface area contributed by atoms with Gasteiger partial charge in [-0.1, -0.05) is 0 Å². The highest BCUT2D eigenvalue weighted by molar-refractivity contribution is 5.80. The lowest BCUT2D eigenvalue weighted by Crippen LogP contribution is -2.33. The highest BCUT2D eigenvalue weighted by Gasteiger charge is 2.31. The maximum Gasteiger partial charge on any atom is 0.312 e. The van der Waals surface area contributed by atoms with Crippen LogP contribution in [0.3, 0.4) is 0 Å². The predicted octanol–water partition coefficient (Wildman–Crippen LogP) is 3.15. The van der Waals surface area contributed by atoms with E-state index in [9.17, 15) is 4.79 Å². The molecule has 1 N–H and O–H groups in total. The van der Waals surface area contributed by atoms with Crippen LogP contribution in [0.2, 0.25) is 0 Å². The van der Waals surface area contributed by atoms with Gasteiger partial charge in [0.05, 0.1) is 24.6 Å². The molecule has 6 heteroatoms. The van der Waals surface area contributed by atoms with Gasteiger partial charge in [0, 0.05) is 36.4 Å². The Morgan fingerprint density at radius 3 is 2.77 bits per heavy atom. The van der Waals surface area contributed by atoms with E-state index in [1.54, 1.807) is 7.11 Å². The summed E-state index contributed by atoms with van der Waals surface area (Å²) in [5.41, 5.74) is 0.343. The number of nitrogens with zero attached hydrogens (tertiary/aromatic N) is 1. The highest BCUT2D eigenvalue weighted by atomic mass is 16.6. The fraction of sp³-hybridized carbons (Fsp3) is 0.500. The van der Waals surface area contributed by atoms with Gasteiger partial charge in [-0.05, 0) is 39.0 Å². The number of esters is 1. The number of hydrogen-bond donors (Lipinski definition) is 1.